The van der Waals surface area contributed by atoms with Gasteiger partial charge in [0.1, 0.15) is 73.2 Å². The number of aliphatic hydroxyl groups excluding tert-OH is 15. The van der Waals surface area contributed by atoms with Crippen LogP contribution < -0.4 is 15.3 Å². The number of carbonyl (C=O) groups is 3. The zero-order valence-corrected chi connectivity index (χ0v) is 20.3. The molecule has 0 aliphatic rings. The summed E-state index contributed by atoms with van der Waals surface area (Å²) in [5, 5.41) is 160. The molecule has 0 fully saturated rings. The van der Waals surface area contributed by atoms with E-state index in [1.165, 1.54) is 0 Å². The van der Waals surface area contributed by atoms with Gasteiger partial charge in [-0.2, -0.15) is 0 Å². The van der Waals surface area contributed by atoms with Crippen molar-refractivity contribution in [1.82, 2.24) is 0 Å². The summed E-state index contributed by atoms with van der Waals surface area (Å²) in [4.78, 5) is 29.9. The molecule has 0 saturated heterocycles. The van der Waals surface area contributed by atoms with Gasteiger partial charge in [-0.25, -0.2) is 0 Å². The normalized spacial score (nSPS) is 19.9. The Labute approximate surface area is 226 Å². The van der Waals surface area contributed by atoms with Crippen LogP contribution in [0.5, 0.6) is 0 Å². The van der Waals surface area contributed by atoms with Crippen LogP contribution in [0.15, 0.2) is 0 Å². The third-order valence-electron chi connectivity index (χ3n) is 4.49. The van der Waals surface area contributed by atoms with Crippen LogP contribution >= 0.6 is 0 Å². The first-order valence-corrected chi connectivity index (χ1v) is 10.4. The number of aliphatic carboxylic acids is 3. The van der Waals surface area contributed by atoms with Gasteiger partial charge in [0.25, 0.3) is 0 Å². The van der Waals surface area contributed by atoms with Crippen molar-refractivity contribution in [2.45, 2.75) is 73.2 Å². The molecule has 0 aromatic rings. The van der Waals surface area contributed by atoms with Gasteiger partial charge in [-0.15, -0.1) is 0 Å². The minimum atomic E-state index is -2.31. The molecule has 0 aromatic carbocycles. The number of hydrogen-bond donors (Lipinski definition) is 15. The molecular weight excluding hydrogens is 563 g/mol. The molecule has 0 radical (unpaired) electrons. The third kappa shape index (κ3) is 16.2. The molecule has 0 aromatic heterocycles. The Hall–Kier alpha value is -2.13. The van der Waals surface area contributed by atoms with Crippen molar-refractivity contribution >= 4 is 26.3 Å². The van der Waals surface area contributed by atoms with Gasteiger partial charge in [-0.05, 0) is 0 Å². The Morgan fingerprint density at radius 1 is 0.400 bits per heavy atom. The van der Waals surface area contributed by atoms with Crippen LogP contribution in [0, 0.1) is 0 Å². The largest absolute Gasteiger partial charge is 3.00 e. The zero-order valence-electron chi connectivity index (χ0n) is 20.3. The molecule has 15 N–H and O–H groups in total. The Kier molecular flexibility index (Phi) is 25.3. The molecule has 0 aliphatic heterocycles. The summed E-state index contributed by atoms with van der Waals surface area (Å²) >= 11 is 0. The maximum atomic E-state index is 9.98. The van der Waals surface area contributed by atoms with Crippen molar-refractivity contribution in [3.05, 3.63) is 0 Å². The molecule has 0 aliphatic carbocycles. The molecule has 0 saturated carbocycles. The average molecular weight is 596 g/mol. The van der Waals surface area contributed by atoms with Crippen molar-refractivity contribution < 1.29 is 106 Å². The summed E-state index contributed by atoms with van der Waals surface area (Å²) in [6, 6.07) is 0. The summed E-state index contributed by atoms with van der Waals surface area (Å²) in [5.74, 6) is -5.93. The van der Waals surface area contributed by atoms with E-state index in [4.69, 9.17) is 76.6 Å². The Morgan fingerprint density at radius 2 is 0.550 bits per heavy atom. The summed E-state index contributed by atoms with van der Waals surface area (Å²) in [5.41, 5.74) is 0. The molecule has 0 rings (SSSR count). The second kappa shape index (κ2) is 22.6. The van der Waals surface area contributed by atoms with Crippen LogP contribution in [0.4, 0.5) is 0 Å². The number of carboxylic acids is 3. The summed E-state index contributed by atoms with van der Waals surface area (Å²) in [6.07, 6.45) is -24.2. The maximum Gasteiger partial charge on any atom is 3.00 e. The quantitative estimate of drug-likeness (QED) is 0.0780. The molecule has 0 bridgehead atoms. The molecular formula is C18H33BO21. The summed E-state index contributed by atoms with van der Waals surface area (Å²) in [6.45, 7) is -2.59. The molecule has 0 amide bonds. The predicted molar refractivity (Wildman–Crippen MR) is 114 cm³/mol. The number of rotatable bonds is 15. The van der Waals surface area contributed by atoms with E-state index in [-0.39, 0.29) is 8.41 Å². The first-order valence-electron chi connectivity index (χ1n) is 10.4. The van der Waals surface area contributed by atoms with E-state index in [1.54, 1.807) is 0 Å². The van der Waals surface area contributed by atoms with Crippen molar-refractivity contribution in [3.8, 4) is 0 Å². The maximum absolute atomic E-state index is 9.98. The predicted octanol–water partition coefficient (Wildman–Crippen LogP) is -14.9. The van der Waals surface area contributed by atoms with Crippen molar-refractivity contribution in [2.24, 2.45) is 0 Å². The van der Waals surface area contributed by atoms with Gasteiger partial charge in [0.05, 0.1) is 37.7 Å². The molecule has 40 heavy (non-hydrogen) atoms. The number of aliphatic hydroxyl groups is 15. The van der Waals surface area contributed by atoms with Crippen LogP contribution in [-0.4, -0.2) is 196 Å². The van der Waals surface area contributed by atoms with Gasteiger partial charge in [0.2, 0.25) is 0 Å². The second-order valence-corrected chi connectivity index (χ2v) is 7.48. The number of carbonyl (C=O) groups excluding carboxylic acids is 3. The van der Waals surface area contributed by atoms with Crippen LogP contribution in [0.1, 0.15) is 0 Å². The van der Waals surface area contributed by atoms with E-state index < -0.39 is 111 Å². The fourth-order valence-electron chi connectivity index (χ4n) is 1.99. The Balaban J connectivity index is -0.000000240. The third-order valence-corrected chi connectivity index (χ3v) is 4.49. The Bertz CT molecular complexity index is 608. The second-order valence-electron chi connectivity index (χ2n) is 7.48. The van der Waals surface area contributed by atoms with Crippen molar-refractivity contribution in [1.29, 1.82) is 0 Å². The standard InChI is InChI=1S/3C6H12O7.B/c3*7-1-2(8)3(9)4(10)5(11)6(12)13;/h3*2-5,7-11H,1H2,(H,12,13);/q;;;+3/p-3/t3*2-,3-,4+,5-;/m111./s1. The number of hydrogen-bond acceptors (Lipinski definition) is 21. The first kappa shape index (κ1) is 44.9. The topological polar surface area (TPSA) is 424 Å². The molecule has 22 heteroatoms. The molecule has 0 heterocycles. The SMILES string of the molecule is O=C([O-])[C@H](O)[C@@H](O)[C@H](O)[C@H](O)CO.O=C([O-])[C@H](O)[C@@H](O)[C@H](O)[C@H](O)CO.O=C([O-])[C@H](O)[C@@H](O)[C@H](O)[C@H](O)CO.[B+3]. The van der Waals surface area contributed by atoms with Crippen molar-refractivity contribution in [3.63, 3.8) is 0 Å². The van der Waals surface area contributed by atoms with E-state index in [0.717, 1.165) is 0 Å². The monoisotopic (exact) mass is 596 g/mol. The van der Waals surface area contributed by atoms with Crippen LogP contribution in [0.3, 0.4) is 0 Å². The van der Waals surface area contributed by atoms with E-state index in [2.05, 4.69) is 0 Å². The van der Waals surface area contributed by atoms with E-state index >= 15 is 0 Å². The molecule has 0 spiro atoms. The number of carboxylic acid groups (broad SMARTS) is 3. The molecule has 0 unspecified atom stereocenters. The van der Waals surface area contributed by atoms with E-state index in [0.29, 0.717) is 0 Å². The van der Waals surface area contributed by atoms with Gasteiger partial charge in [0.15, 0.2) is 0 Å². The van der Waals surface area contributed by atoms with Crippen LogP contribution in [0.2, 0.25) is 0 Å². The van der Waals surface area contributed by atoms with Gasteiger partial charge in [0, 0.05) is 0 Å². The average Bonchev–Trinajstić information content (AvgIpc) is 2.92. The van der Waals surface area contributed by atoms with Crippen LogP contribution in [0.25, 0.3) is 0 Å². The fourth-order valence-corrected chi connectivity index (χ4v) is 1.99. The van der Waals surface area contributed by atoms with Gasteiger partial charge < -0.3 is 106 Å². The van der Waals surface area contributed by atoms with E-state index in [1.807, 2.05) is 0 Å². The Morgan fingerprint density at radius 3 is 0.650 bits per heavy atom. The summed E-state index contributed by atoms with van der Waals surface area (Å²) in [7, 11) is 0. The smallest absolute Gasteiger partial charge is 0.547 e. The molecule has 21 nitrogen and oxygen atoms in total. The first-order chi connectivity index (χ1) is 17.7. The van der Waals surface area contributed by atoms with Gasteiger partial charge >= 0.3 is 8.41 Å². The minimum Gasteiger partial charge on any atom is -0.547 e. The molecule has 12 atom stereocenters. The molecule has 234 valence electrons. The van der Waals surface area contributed by atoms with Gasteiger partial charge in [-0.3, -0.25) is 0 Å². The van der Waals surface area contributed by atoms with Crippen molar-refractivity contribution in [2.75, 3.05) is 19.8 Å². The van der Waals surface area contributed by atoms with Crippen LogP contribution in [-0.2, 0) is 14.4 Å². The zero-order chi connectivity index (χ0) is 31.8. The fraction of sp³-hybridized carbons (Fsp3) is 0.833. The summed E-state index contributed by atoms with van der Waals surface area (Å²) < 4.78 is 0. The minimum absolute atomic E-state index is 0. The van der Waals surface area contributed by atoms with Gasteiger partial charge in [-0.1, -0.05) is 0 Å². The van der Waals surface area contributed by atoms with E-state index in [9.17, 15) is 29.7 Å².